The minimum atomic E-state index is -4.52. The van der Waals surface area contributed by atoms with Gasteiger partial charge in [0.15, 0.2) is 5.69 Å². The molecule has 0 saturated heterocycles. The highest BCUT2D eigenvalue weighted by Crippen LogP contribution is 2.31. The molecule has 1 aromatic heterocycles. The Morgan fingerprint density at radius 3 is 2.55 bits per heavy atom. The maximum Gasteiger partial charge on any atom is 0.434 e. The molecule has 1 aromatic carbocycles. The second-order valence-electron chi connectivity index (χ2n) is 6.89. The molecule has 5 nitrogen and oxygen atoms in total. The second-order valence-corrected chi connectivity index (χ2v) is 6.89. The summed E-state index contributed by atoms with van der Waals surface area (Å²) >= 11 is 0. The summed E-state index contributed by atoms with van der Waals surface area (Å²) in [5.41, 5.74) is -0.806. The topological polar surface area (TPSA) is 59.0 Å². The van der Waals surface area contributed by atoms with Crippen LogP contribution in [-0.2, 0) is 31.9 Å². The summed E-state index contributed by atoms with van der Waals surface area (Å²) in [5.74, 6) is 0.316. The fourth-order valence-corrected chi connectivity index (χ4v) is 3.18. The van der Waals surface area contributed by atoms with E-state index < -0.39 is 29.6 Å². The number of alkyl halides is 6. The molecule has 0 spiro atoms. The van der Waals surface area contributed by atoms with E-state index in [0.717, 1.165) is 18.3 Å². The van der Waals surface area contributed by atoms with E-state index in [1.54, 1.807) is 0 Å². The van der Waals surface area contributed by atoms with Gasteiger partial charge in [-0.2, -0.15) is 26.3 Å². The molecule has 0 fully saturated rings. The number of urea groups is 1. The smallest absolute Gasteiger partial charge is 0.334 e. The van der Waals surface area contributed by atoms with Crippen LogP contribution in [0.1, 0.15) is 34.6 Å². The third-order valence-corrected chi connectivity index (χ3v) is 4.73. The fourth-order valence-electron chi connectivity index (χ4n) is 3.18. The van der Waals surface area contributed by atoms with E-state index in [4.69, 9.17) is 0 Å². The summed E-state index contributed by atoms with van der Waals surface area (Å²) in [4.78, 5) is 15.7. The summed E-state index contributed by atoms with van der Waals surface area (Å²) in [5, 5.41) is 5.24. The van der Waals surface area contributed by atoms with Gasteiger partial charge in [0.2, 0.25) is 0 Å². The van der Waals surface area contributed by atoms with Crippen molar-refractivity contribution >= 4 is 6.03 Å². The standard InChI is InChI=1S/C18H18F6N4O/c1-10-6-12(17(19,20)21)3-2-11(10)7-25-16(29)26-13-4-5-15-27-14(18(22,23)24)9-28(15)8-13/h2-3,6,9,13H,4-5,7-8H2,1H3,(H2,25,26,29). The molecule has 0 bridgehead atoms. The SMILES string of the molecule is Cc1cc(C(F)(F)F)ccc1CNC(=O)NC1CCc2nc(C(F)(F)F)cn2C1. The van der Waals surface area contributed by atoms with E-state index in [2.05, 4.69) is 15.6 Å². The van der Waals surface area contributed by atoms with Crippen molar-refractivity contribution in [2.45, 2.75) is 51.2 Å². The van der Waals surface area contributed by atoms with Gasteiger partial charge in [0.05, 0.1) is 5.56 Å². The summed E-state index contributed by atoms with van der Waals surface area (Å²) in [6, 6.07) is 2.33. The minimum absolute atomic E-state index is 0.0249. The first-order chi connectivity index (χ1) is 13.4. The van der Waals surface area contributed by atoms with E-state index >= 15 is 0 Å². The Bertz CT molecular complexity index is 903. The highest BCUT2D eigenvalue weighted by molar-refractivity contribution is 5.74. The van der Waals surface area contributed by atoms with Gasteiger partial charge in [-0.05, 0) is 36.6 Å². The number of aromatic nitrogens is 2. The molecule has 1 aliphatic heterocycles. The summed E-state index contributed by atoms with van der Waals surface area (Å²) in [7, 11) is 0. The summed E-state index contributed by atoms with van der Waals surface area (Å²) in [6.07, 6.45) is -7.32. The molecular formula is C18H18F6N4O. The number of halogens is 6. The number of hydrogen-bond donors (Lipinski definition) is 2. The van der Waals surface area contributed by atoms with Crippen LogP contribution >= 0.6 is 0 Å². The molecule has 2 amide bonds. The van der Waals surface area contributed by atoms with Gasteiger partial charge in [0, 0.05) is 31.7 Å². The number of carbonyl (C=O) groups excluding carboxylic acids is 1. The zero-order valence-electron chi connectivity index (χ0n) is 15.3. The Morgan fingerprint density at radius 1 is 1.21 bits per heavy atom. The molecule has 0 radical (unpaired) electrons. The van der Waals surface area contributed by atoms with Gasteiger partial charge in [0.1, 0.15) is 5.82 Å². The molecule has 2 N–H and O–H groups in total. The molecule has 11 heteroatoms. The average Bonchev–Trinajstić information content (AvgIpc) is 3.03. The zero-order valence-corrected chi connectivity index (χ0v) is 15.3. The molecule has 2 aromatic rings. The second kappa shape index (κ2) is 7.60. The maximum atomic E-state index is 12.7. The van der Waals surface area contributed by atoms with Crippen molar-refractivity contribution in [3.05, 3.63) is 52.6 Å². The first kappa shape index (κ1) is 21.0. The number of carbonyl (C=O) groups is 1. The molecule has 0 saturated carbocycles. The number of amides is 2. The Hall–Kier alpha value is -2.72. The Kier molecular flexibility index (Phi) is 5.50. The predicted molar refractivity (Wildman–Crippen MR) is 90.9 cm³/mol. The maximum absolute atomic E-state index is 12.7. The number of aryl methyl sites for hydroxylation is 2. The van der Waals surface area contributed by atoms with Crippen LogP contribution in [0.3, 0.4) is 0 Å². The van der Waals surface area contributed by atoms with Crippen molar-refractivity contribution in [1.82, 2.24) is 20.2 Å². The summed E-state index contributed by atoms with van der Waals surface area (Å²) < 4.78 is 77.7. The van der Waals surface area contributed by atoms with Crippen LogP contribution in [0.15, 0.2) is 24.4 Å². The average molecular weight is 420 g/mol. The molecule has 1 atom stereocenters. The van der Waals surface area contributed by atoms with Crippen molar-refractivity contribution in [3.63, 3.8) is 0 Å². The number of benzene rings is 1. The van der Waals surface area contributed by atoms with Crippen LogP contribution in [0.2, 0.25) is 0 Å². The van der Waals surface area contributed by atoms with Crippen LogP contribution < -0.4 is 10.6 Å². The first-order valence-electron chi connectivity index (χ1n) is 8.78. The quantitative estimate of drug-likeness (QED) is 0.737. The van der Waals surface area contributed by atoms with Gasteiger partial charge < -0.3 is 15.2 Å². The highest BCUT2D eigenvalue weighted by atomic mass is 19.4. The molecule has 3 rings (SSSR count). The van der Waals surface area contributed by atoms with Gasteiger partial charge >= 0.3 is 18.4 Å². The normalized spacial score (nSPS) is 17.0. The first-order valence-corrected chi connectivity index (χ1v) is 8.78. The number of nitrogens with one attached hydrogen (secondary N) is 2. The van der Waals surface area contributed by atoms with Crippen LogP contribution in [-0.4, -0.2) is 21.6 Å². The van der Waals surface area contributed by atoms with E-state index in [0.29, 0.717) is 29.8 Å². The number of hydrogen-bond acceptors (Lipinski definition) is 2. The van der Waals surface area contributed by atoms with Crippen LogP contribution in [0.5, 0.6) is 0 Å². The van der Waals surface area contributed by atoms with Crippen molar-refractivity contribution in [2.75, 3.05) is 0 Å². The number of imidazole rings is 1. The largest absolute Gasteiger partial charge is 0.434 e. The number of rotatable bonds is 3. The van der Waals surface area contributed by atoms with Crippen LogP contribution in [0.4, 0.5) is 31.1 Å². The van der Waals surface area contributed by atoms with Crippen LogP contribution in [0, 0.1) is 6.92 Å². The van der Waals surface area contributed by atoms with E-state index in [9.17, 15) is 31.1 Å². The van der Waals surface area contributed by atoms with E-state index in [1.165, 1.54) is 17.6 Å². The van der Waals surface area contributed by atoms with Gasteiger partial charge in [-0.15, -0.1) is 0 Å². The lowest BCUT2D eigenvalue weighted by atomic mass is 10.0. The molecule has 29 heavy (non-hydrogen) atoms. The number of fused-ring (bicyclic) bond motifs is 1. The molecule has 2 heterocycles. The number of nitrogens with zero attached hydrogens (tertiary/aromatic N) is 2. The van der Waals surface area contributed by atoms with E-state index in [-0.39, 0.29) is 19.1 Å². The van der Waals surface area contributed by atoms with Crippen molar-refractivity contribution in [1.29, 1.82) is 0 Å². The highest BCUT2D eigenvalue weighted by Gasteiger charge is 2.36. The van der Waals surface area contributed by atoms with Gasteiger partial charge in [-0.1, -0.05) is 6.07 Å². The Labute approximate surface area is 162 Å². The fraction of sp³-hybridized carbons (Fsp3) is 0.444. The van der Waals surface area contributed by atoms with Crippen LogP contribution in [0.25, 0.3) is 0 Å². The lowest BCUT2D eigenvalue weighted by molar-refractivity contribution is -0.141. The predicted octanol–water partition coefficient (Wildman–Crippen LogP) is 4.04. The molecular weight excluding hydrogens is 402 g/mol. The Morgan fingerprint density at radius 2 is 1.93 bits per heavy atom. The third kappa shape index (κ3) is 5.01. The van der Waals surface area contributed by atoms with Gasteiger partial charge in [0.25, 0.3) is 0 Å². The van der Waals surface area contributed by atoms with Crippen molar-refractivity contribution in [2.24, 2.45) is 0 Å². The van der Waals surface area contributed by atoms with Gasteiger partial charge in [-0.25, -0.2) is 9.78 Å². The molecule has 1 aliphatic rings. The summed E-state index contributed by atoms with van der Waals surface area (Å²) in [6.45, 7) is 1.70. The van der Waals surface area contributed by atoms with E-state index in [1.807, 2.05) is 0 Å². The molecule has 158 valence electrons. The minimum Gasteiger partial charge on any atom is -0.334 e. The zero-order chi connectivity index (χ0) is 21.4. The van der Waals surface area contributed by atoms with Gasteiger partial charge in [-0.3, -0.25) is 0 Å². The van der Waals surface area contributed by atoms with Crippen molar-refractivity contribution < 1.29 is 31.1 Å². The lowest BCUT2D eigenvalue weighted by Crippen LogP contribution is -2.45. The lowest BCUT2D eigenvalue weighted by Gasteiger charge is -2.24. The molecule has 1 unspecified atom stereocenters. The monoisotopic (exact) mass is 420 g/mol. The van der Waals surface area contributed by atoms with Crippen molar-refractivity contribution in [3.8, 4) is 0 Å². The third-order valence-electron chi connectivity index (χ3n) is 4.73. The molecule has 0 aliphatic carbocycles. The Balaban J connectivity index is 1.55.